The van der Waals surface area contributed by atoms with Gasteiger partial charge < -0.3 is 9.84 Å². The lowest BCUT2D eigenvalue weighted by Gasteiger charge is -2.22. The van der Waals surface area contributed by atoms with Crippen LogP contribution < -0.4 is 0 Å². The first-order valence-electron chi connectivity index (χ1n) is 5.39. The molecule has 0 amide bonds. The third-order valence-corrected chi connectivity index (χ3v) is 2.67. The second kappa shape index (κ2) is 6.39. The number of aliphatic hydroxyl groups is 1. The molecule has 1 atom stereocenters. The van der Waals surface area contributed by atoms with E-state index in [1.165, 1.54) is 0 Å². The van der Waals surface area contributed by atoms with Crippen molar-refractivity contribution in [2.75, 3.05) is 6.61 Å². The van der Waals surface area contributed by atoms with E-state index in [0.29, 0.717) is 12.7 Å². The van der Waals surface area contributed by atoms with Gasteiger partial charge in [0.15, 0.2) is 0 Å². The molecule has 2 heteroatoms. The predicted molar refractivity (Wildman–Crippen MR) is 55.9 cm³/mol. The number of rotatable bonds is 7. The Morgan fingerprint density at radius 2 is 1.77 bits per heavy atom. The zero-order valence-corrected chi connectivity index (χ0v) is 9.47. The zero-order chi connectivity index (χ0) is 10.3. The number of ether oxygens (including phenoxy) is 1. The Balaban J connectivity index is 3.54. The van der Waals surface area contributed by atoms with Crippen LogP contribution in [0, 0.1) is 0 Å². The van der Waals surface area contributed by atoms with Gasteiger partial charge in [-0.05, 0) is 32.6 Å². The Kier molecular flexibility index (Phi) is 6.35. The molecule has 0 aliphatic rings. The van der Waals surface area contributed by atoms with Gasteiger partial charge >= 0.3 is 0 Å². The predicted octanol–water partition coefficient (Wildman–Crippen LogP) is 2.74. The summed E-state index contributed by atoms with van der Waals surface area (Å²) in [5, 5.41) is 9.70. The molecule has 80 valence electrons. The third kappa shape index (κ3) is 6.05. The van der Waals surface area contributed by atoms with Crippen molar-refractivity contribution in [1.82, 2.24) is 0 Å². The van der Waals surface area contributed by atoms with Crippen molar-refractivity contribution in [3.05, 3.63) is 0 Å². The van der Waals surface area contributed by atoms with Crippen molar-refractivity contribution in [3.63, 3.8) is 0 Å². The van der Waals surface area contributed by atoms with Gasteiger partial charge in [0.25, 0.3) is 0 Å². The van der Waals surface area contributed by atoms with Crippen LogP contribution in [-0.4, -0.2) is 23.4 Å². The number of hydrogen-bond acceptors (Lipinski definition) is 2. The summed E-state index contributed by atoms with van der Waals surface area (Å²) in [4.78, 5) is 0. The Labute approximate surface area is 82.3 Å². The van der Waals surface area contributed by atoms with Crippen molar-refractivity contribution in [2.45, 2.75) is 65.1 Å². The van der Waals surface area contributed by atoms with Crippen molar-refractivity contribution in [2.24, 2.45) is 0 Å². The van der Waals surface area contributed by atoms with Crippen LogP contribution in [0.3, 0.4) is 0 Å². The van der Waals surface area contributed by atoms with E-state index in [2.05, 4.69) is 13.8 Å². The highest BCUT2D eigenvalue weighted by molar-refractivity contribution is 4.69. The summed E-state index contributed by atoms with van der Waals surface area (Å²) >= 11 is 0. The van der Waals surface area contributed by atoms with E-state index >= 15 is 0 Å². The molecular weight excluding hydrogens is 164 g/mol. The van der Waals surface area contributed by atoms with E-state index in [1.54, 1.807) is 0 Å². The average molecular weight is 188 g/mol. The molecule has 0 aliphatic heterocycles. The van der Waals surface area contributed by atoms with Gasteiger partial charge in [-0.15, -0.1) is 0 Å². The minimum Gasteiger partial charge on any atom is -0.390 e. The molecule has 1 unspecified atom stereocenters. The maximum absolute atomic E-state index is 9.70. The molecule has 0 bridgehead atoms. The zero-order valence-electron chi connectivity index (χ0n) is 9.47. The molecule has 2 nitrogen and oxygen atoms in total. The highest BCUT2D eigenvalue weighted by Crippen LogP contribution is 2.14. The van der Waals surface area contributed by atoms with Crippen LogP contribution in [0.1, 0.15) is 53.4 Å². The highest BCUT2D eigenvalue weighted by atomic mass is 16.5. The van der Waals surface area contributed by atoms with Crippen LogP contribution >= 0.6 is 0 Å². The normalized spacial score (nSPS) is 16.2. The van der Waals surface area contributed by atoms with Crippen molar-refractivity contribution in [1.29, 1.82) is 0 Å². The second-order valence-corrected chi connectivity index (χ2v) is 3.91. The fraction of sp³-hybridized carbons (Fsp3) is 1.00. The van der Waals surface area contributed by atoms with Gasteiger partial charge in [0.2, 0.25) is 0 Å². The van der Waals surface area contributed by atoms with Gasteiger partial charge in [0.05, 0.1) is 11.7 Å². The lowest BCUT2D eigenvalue weighted by atomic mass is 10.0. The molecule has 0 saturated carbocycles. The fourth-order valence-corrected chi connectivity index (χ4v) is 1.15. The van der Waals surface area contributed by atoms with E-state index in [0.717, 1.165) is 25.7 Å². The van der Waals surface area contributed by atoms with Gasteiger partial charge in [-0.25, -0.2) is 0 Å². The molecule has 0 aromatic rings. The topological polar surface area (TPSA) is 29.5 Å². The molecule has 0 fully saturated rings. The highest BCUT2D eigenvalue weighted by Gasteiger charge is 2.17. The van der Waals surface area contributed by atoms with Gasteiger partial charge in [0.1, 0.15) is 0 Å². The van der Waals surface area contributed by atoms with Crippen LogP contribution in [-0.2, 0) is 4.74 Å². The maximum Gasteiger partial charge on any atom is 0.0639 e. The Morgan fingerprint density at radius 3 is 2.15 bits per heavy atom. The largest absolute Gasteiger partial charge is 0.390 e. The maximum atomic E-state index is 9.70. The lowest BCUT2D eigenvalue weighted by Crippen LogP contribution is -2.26. The van der Waals surface area contributed by atoms with Crippen LogP contribution in [0.25, 0.3) is 0 Å². The molecule has 0 radical (unpaired) electrons. The molecular formula is C11H24O2. The standard InChI is InChI=1S/C11H24O2/c1-5-10(6-2)13-9-8-11(4,12)7-3/h10,12H,5-9H2,1-4H3. The fourth-order valence-electron chi connectivity index (χ4n) is 1.15. The van der Waals surface area contributed by atoms with Crippen LogP contribution in [0.5, 0.6) is 0 Å². The summed E-state index contributed by atoms with van der Waals surface area (Å²) in [6, 6.07) is 0. The SMILES string of the molecule is CCC(CC)OCCC(C)(O)CC. The summed E-state index contributed by atoms with van der Waals surface area (Å²) in [6.45, 7) is 8.80. The molecule has 0 saturated heterocycles. The minimum atomic E-state index is -0.550. The lowest BCUT2D eigenvalue weighted by molar-refractivity contribution is -0.0145. The molecule has 0 aromatic heterocycles. The molecule has 0 spiro atoms. The van der Waals surface area contributed by atoms with Gasteiger partial charge in [-0.2, -0.15) is 0 Å². The smallest absolute Gasteiger partial charge is 0.0639 e. The monoisotopic (exact) mass is 188 g/mol. The molecule has 0 rings (SSSR count). The Hall–Kier alpha value is -0.0800. The van der Waals surface area contributed by atoms with Gasteiger partial charge in [0, 0.05) is 6.61 Å². The molecule has 1 N–H and O–H groups in total. The van der Waals surface area contributed by atoms with E-state index in [-0.39, 0.29) is 0 Å². The Bertz CT molecular complexity index is 117. The third-order valence-electron chi connectivity index (χ3n) is 2.67. The average Bonchev–Trinajstić information content (AvgIpc) is 2.12. The van der Waals surface area contributed by atoms with E-state index in [4.69, 9.17) is 4.74 Å². The summed E-state index contributed by atoms with van der Waals surface area (Å²) in [6.07, 6.45) is 4.02. The van der Waals surface area contributed by atoms with Crippen molar-refractivity contribution < 1.29 is 9.84 Å². The first kappa shape index (κ1) is 12.9. The molecule has 0 aliphatic carbocycles. The molecule has 0 heterocycles. The second-order valence-electron chi connectivity index (χ2n) is 3.91. The van der Waals surface area contributed by atoms with Crippen LogP contribution in [0.4, 0.5) is 0 Å². The quantitative estimate of drug-likeness (QED) is 0.665. The van der Waals surface area contributed by atoms with E-state index < -0.39 is 5.60 Å². The number of hydrogen-bond donors (Lipinski definition) is 1. The van der Waals surface area contributed by atoms with Gasteiger partial charge in [-0.3, -0.25) is 0 Å². The van der Waals surface area contributed by atoms with Crippen molar-refractivity contribution >= 4 is 0 Å². The van der Waals surface area contributed by atoms with E-state index in [9.17, 15) is 5.11 Å². The van der Waals surface area contributed by atoms with Crippen molar-refractivity contribution in [3.8, 4) is 0 Å². The minimum absolute atomic E-state index is 0.368. The van der Waals surface area contributed by atoms with Crippen LogP contribution in [0.15, 0.2) is 0 Å². The summed E-state index contributed by atoms with van der Waals surface area (Å²) in [7, 11) is 0. The summed E-state index contributed by atoms with van der Waals surface area (Å²) < 4.78 is 5.62. The molecule has 13 heavy (non-hydrogen) atoms. The molecule has 0 aromatic carbocycles. The van der Waals surface area contributed by atoms with E-state index in [1.807, 2.05) is 13.8 Å². The van der Waals surface area contributed by atoms with Crippen LogP contribution in [0.2, 0.25) is 0 Å². The Morgan fingerprint density at radius 1 is 1.23 bits per heavy atom. The first-order chi connectivity index (χ1) is 6.05. The summed E-state index contributed by atoms with van der Waals surface area (Å²) in [5.74, 6) is 0. The first-order valence-corrected chi connectivity index (χ1v) is 5.39. The summed E-state index contributed by atoms with van der Waals surface area (Å²) in [5.41, 5.74) is -0.550. The van der Waals surface area contributed by atoms with Gasteiger partial charge in [-0.1, -0.05) is 20.8 Å².